The maximum atomic E-state index is 10.5. The molecule has 2 aliphatic rings. The topological polar surface area (TPSA) is 60.7 Å². The molecule has 2 unspecified atom stereocenters. The molecule has 5 nitrogen and oxygen atoms in total. The number of benzene rings is 8. The van der Waals surface area contributed by atoms with E-state index in [-0.39, 0.29) is 12.0 Å². The number of nitrogens with zero attached hydrogens (tertiary/aromatic N) is 5. The van der Waals surface area contributed by atoms with Crippen molar-refractivity contribution in [2.75, 3.05) is 4.90 Å². The first-order valence-electron chi connectivity index (χ1n) is 20.6. The van der Waals surface area contributed by atoms with Gasteiger partial charge in [-0.3, -0.25) is 0 Å². The van der Waals surface area contributed by atoms with E-state index < -0.39 is 0 Å². The van der Waals surface area contributed by atoms with Gasteiger partial charge in [-0.1, -0.05) is 140 Å². The zero-order valence-electron chi connectivity index (χ0n) is 32.9. The molecule has 0 bridgehead atoms. The van der Waals surface area contributed by atoms with Crippen molar-refractivity contribution in [2.24, 2.45) is 0 Å². The van der Waals surface area contributed by atoms with Crippen LogP contribution in [-0.4, -0.2) is 15.2 Å². The predicted molar refractivity (Wildman–Crippen MR) is 249 cm³/mol. The second-order valence-electron chi connectivity index (χ2n) is 15.9. The van der Waals surface area contributed by atoms with Gasteiger partial charge in [-0.15, -0.1) is 0 Å². The molecule has 10 aromatic rings. The van der Waals surface area contributed by atoms with Crippen molar-refractivity contribution < 1.29 is 0 Å². The van der Waals surface area contributed by atoms with Gasteiger partial charge in [0.25, 0.3) is 0 Å². The Morgan fingerprint density at radius 3 is 1.34 bits per heavy atom. The van der Waals surface area contributed by atoms with Crippen LogP contribution < -0.4 is 4.90 Å². The van der Waals surface area contributed by atoms with Crippen molar-refractivity contribution in [3.63, 3.8) is 0 Å². The molecule has 61 heavy (non-hydrogen) atoms. The molecule has 1 aliphatic heterocycles. The Hall–Kier alpha value is -8.38. The Morgan fingerprint density at radius 1 is 0.410 bits per heavy atom. The van der Waals surface area contributed by atoms with Gasteiger partial charge >= 0.3 is 0 Å². The Morgan fingerprint density at radius 2 is 0.852 bits per heavy atom. The molecule has 2 atom stereocenters. The minimum Gasteiger partial charge on any atom is -0.332 e. The van der Waals surface area contributed by atoms with Crippen molar-refractivity contribution in [2.45, 2.75) is 12.0 Å². The fourth-order valence-corrected chi connectivity index (χ4v) is 10.2. The third-order valence-corrected chi connectivity index (χ3v) is 12.7. The van der Waals surface area contributed by atoms with E-state index in [4.69, 9.17) is 0 Å². The van der Waals surface area contributed by atoms with E-state index >= 15 is 0 Å². The predicted octanol–water partition coefficient (Wildman–Crippen LogP) is 13.7. The van der Waals surface area contributed by atoms with Gasteiger partial charge in [-0.05, 0) is 77.4 Å². The van der Waals surface area contributed by atoms with Crippen LogP contribution in [-0.2, 0) is 0 Å². The minimum atomic E-state index is -0.0578. The number of para-hydroxylation sites is 5. The standard InChI is InChI=1S/C56H35N5/c57-34-36-15-13-17-38(31-36)54-52(59-46-25-7-1-19-40(46)41-20-2-8-26-47(41)59)33-53(60-48-27-9-3-21-42(48)43-22-4-10-28-49(43)60)55(39-18-14-16-37(32-39)35-58)56(54)61-50-29-11-5-23-44(50)45-24-6-12-30-51(45)61/h1-33,44,50H. The second-order valence-corrected chi connectivity index (χ2v) is 15.9. The molecule has 0 fully saturated rings. The summed E-state index contributed by atoms with van der Waals surface area (Å²) in [5, 5.41) is 25.5. The molecule has 0 saturated heterocycles. The first-order chi connectivity index (χ1) is 30.2. The normalized spacial score (nSPS) is 15.3. The Labute approximate surface area is 352 Å². The largest absolute Gasteiger partial charge is 0.332 e. The maximum Gasteiger partial charge on any atom is 0.0991 e. The van der Waals surface area contributed by atoms with E-state index in [9.17, 15) is 10.5 Å². The summed E-state index contributed by atoms with van der Waals surface area (Å²) >= 11 is 0. The van der Waals surface area contributed by atoms with Gasteiger partial charge in [-0.25, -0.2) is 0 Å². The average molecular weight is 778 g/mol. The molecule has 0 spiro atoms. The number of allylic oxidation sites excluding steroid dienone is 2. The van der Waals surface area contributed by atoms with E-state index in [1.807, 2.05) is 36.4 Å². The summed E-state index contributed by atoms with van der Waals surface area (Å²) in [7, 11) is 0. The van der Waals surface area contributed by atoms with Crippen LogP contribution >= 0.6 is 0 Å². The highest BCUT2D eigenvalue weighted by molar-refractivity contribution is 6.14. The summed E-state index contributed by atoms with van der Waals surface area (Å²) in [5.41, 5.74) is 14.7. The van der Waals surface area contributed by atoms with E-state index in [1.54, 1.807) is 0 Å². The fourth-order valence-electron chi connectivity index (χ4n) is 10.2. The van der Waals surface area contributed by atoms with E-state index in [1.165, 1.54) is 5.56 Å². The highest BCUT2D eigenvalue weighted by Gasteiger charge is 2.41. The molecular formula is C56H35N5. The molecule has 3 heterocycles. The Bertz CT molecular complexity index is 3300. The first kappa shape index (κ1) is 34.6. The van der Waals surface area contributed by atoms with Gasteiger partial charge in [-0.2, -0.15) is 10.5 Å². The van der Waals surface area contributed by atoms with E-state index in [0.717, 1.165) is 88.6 Å². The summed E-state index contributed by atoms with van der Waals surface area (Å²) in [4.78, 5) is 2.54. The molecule has 0 N–H and O–H groups in total. The monoisotopic (exact) mass is 777 g/mol. The lowest BCUT2D eigenvalue weighted by Crippen LogP contribution is -2.30. The zero-order valence-corrected chi connectivity index (χ0v) is 32.9. The highest BCUT2D eigenvalue weighted by Crippen LogP contribution is 2.57. The minimum absolute atomic E-state index is 0.0578. The van der Waals surface area contributed by atoms with Crippen LogP contribution in [0.5, 0.6) is 0 Å². The molecule has 12 rings (SSSR count). The number of fused-ring (bicyclic) bond motifs is 9. The Balaban J connectivity index is 1.38. The second kappa shape index (κ2) is 13.6. The average Bonchev–Trinajstić information content (AvgIpc) is 3.97. The Kier molecular flexibility index (Phi) is 7.72. The first-order valence-corrected chi connectivity index (χ1v) is 20.6. The van der Waals surface area contributed by atoms with Gasteiger partial charge in [0, 0.05) is 44.3 Å². The molecule has 0 amide bonds. The highest BCUT2D eigenvalue weighted by atomic mass is 15.2. The summed E-state index contributed by atoms with van der Waals surface area (Å²) in [6.07, 6.45) is 8.97. The van der Waals surface area contributed by atoms with Crippen molar-refractivity contribution in [1.82, 2.24) is 9.13 Å². The number of hydrogen-bond acceptors (Lipinski definition) is 3. The van der Waals surface area contributed by atoms with Crippen molar-refractivity contribution in [1.29, 1.82) is 10.5 Å². The van der Waals surface area contributed by atoms with Gasteiger partial charge < -0.3 is 14.0 Å². The summed E-state index contributed by atoms with van der Waals surface area (Å²) in [6.45, 7) is 0. The third-order valence-electron chi connectivity index (χ3n) is 12.7. The number of aromatic nitrogens is 2. The molecule has 0 radical (unpaired) electrons. The van der Waals surface area contributed by atoms with Crippen LogP contribution in [0.15, 0.2) is 200 Å². The lowest BCUT2D eigenvalue weighted by Gasteiger charge is -2.35. The van der Waals surface area contributed by atoms with Crippen LogP contribution in [0.25, 0.3) is 77.2 Å². The van der Waals surface area contributed by atoms with Gasteiger partial charge in [0.2, 0.25) is 0 Å². The number of anilines is 2. The lowest BCUT2D eigenvalue weighted by molar-refractivity contribution is 0.745. The van der Waals surface area contributed by atoms with Gasteiger partial charge in [0.1, 0.15) is 0 Å². The van der Waals surface area contributed by atoms with Crippen molar-refractivity contribution in [3.8, 4) is 45.8 Å². The zero-order chi connectivity index (χ0) is 40.6. The van der Waals surface area contributed by atoms with Crippen LogP contribution in [0.1, 0.15) is 22.6 Å². The quantitative estimate of drug-likeness (QED) is 0.175. The van der Waals surface area contributed by atoms with E-state index in [0.29, 0.717) is 11.1 Å². The number of rotatable bonds is 5. The maximum absolute atomic E-state index is 10.5. The molecule has 0 saturated carbocycles. The number of nitriles is 2. The summed E-state index contributed by atoms with van der Waals surface area (Å²) < 4.78 is 4.84. The SMILES string of the molecule is N#Cc1cccc(-c2c(-n3c4ccccc4c4ccccc43)cc(-n3c4ccccc4c4ccccc43)c(-c3cccc(C#N)c3)c2N2c3ccccc3C3C=CC=CC32)c1. The van der Waals surface area contributed by atoms with Crippen LogP contribution in [0.2, 0.25) is 0 Å². The van der Waals surface area contributed by atoms with Gasteiger partial charge in [0.05, 0.1) is 68.4 Å². The molecule has 8 aromatic carbocycles. The summed E-state index contributed by atoms with van der Waals surface area (Å²) in [5.74, 6) is 0.103. The van der Waals surface area contributed by atoms with E-state index in [2.05, 4.69) is 190 Å². The molecular weight excluding hydrogens is 743 g/mol. The van der Waals surface area contributed by atoms with Crippen LogP contribution in [0.4, 0.5) is 11.4 Å². The fraction of sp³-hybridized carbons (Fsp3) is 0.0357. The van der Waals surface area contributed by atoms with Crippen LogP contribution in [0, 0.1) is 22.7 Å². The number of hydrogen-bond donors (Lipinski definition) is 0. The van der Waals surface area contributed by atoms with Crippen LogP contribution in [0.3, 0.4) is 0 Å². The van der Waals surface area contributed by atoms with Crippen molar-refractivity contribution in [3.05, 3.63) is 217 Å². The summed E-state index contributed by atoms with van der Waals surface area (Å²) in [6, 6.07) is 66.7. The smallest absolute Gasteiger partial charge is 0.0991 e. The molecule has 1 aliphatic carbocycles. The molecule has 284 valence electrons. The molecule has 2 aromatic heterocycles. The van der Waals surface area contributed by atoms with Crippen molar-refractivity contribution >= 4 is 55.0 Å². The lowest BCUT2D eigenvalue weighted by atomic mass is 9.88. The molecule has 5 heteroatoms. The third kappa shape index (κ3) is 5.12. The van der Waals surface area contributed by atoms with Gasteiger partial charge in [0.15, 0.2) is 0 Å².